The summed E-state index contributed by atoms with van der Waals surface area (Å²) >= 11 is 0. The van der Waals surface area contributed by atoms with Crippen molar-refractivity contribution in [1.29, 1.82) is 0 Å². The Labute approximate surface area is 50.4 Å². The second kappa shape index (κ2) is 3.66. The molecule has 0 fully saturated rings. The topological polar surface area (TPSA) is 80.4 Å². The van der Waals surface area contributed by atoms with Gasteiger partial charge in [0.05, 0.1) is 0 Å². The van der Waals surface area contributed by atoms with Gasteiger partial charge in [0.15, 0.2) is 0 Å². The maximum absolute atomic E-state index is 9.32. The van der Waals surface area contributed by atoms with Crippen LogP contribution in [0.15, 0.2) is 0 Å². The van der Waals surface area contributed by atoms with Crippen LogP contribution in [0.1, 0.15) is 0 Å². The van der Waals surface area contributed by atoms with Crippen molar-refractivity contribution >= 4 is 11.9 Å². The zero-order valence-corrected chi connectivity index (χ0v) is 4.52. The summed E-state index contributed by atoms with van der Waals surface area (Å²) in [7, 11) is 0. The maximum Gasteiger partial charge on any atom is 0.394 e. The summed E-state index contributed by atoms with van der Waals surface area (Å²) in [5.41, 5.74) is 4.20. The Bertz CT molecular complexity index is 78.9. The predicted molar refractivity (Wildman–Crippen MR) is 16.8 cm³/mol. The molecule has 0 spiro atoms. The van der Waals surface area contributed by atoms with Crippen molar-refractivity contribution in [3.8, 4) is 0 Å². The van der Waals surface area contributed by atoms with Crippen LogP contribution in [0, 0.1) is 0 Å². The van der Waals surface area contributed by atoms with E-state index in [9.17, 15) is 9.59 Å². The third kappa shape index (κ3) is 5.47. The van der Waals surface area contributed by atoms with E-state index in [1.807, 2.05) is 0 Å². The van der Waals surface area contributed by atoms with Gasteiger partial charge in [-0.1, -0.05) is 0 Å². The van der Waals surface area contributed by atoms with Gasteiger partial charge in [-0.2, -0.15) is 0 Å². The van der Waals surface area contributed by atoms with E-state index < -0.39 is 11.9 Å². The van der Waals surface area contributed by atoms with Crippen molar-refractivity contribution in [2.45, 2.75) is 0 Å². The summed E-state index contributed by atoms with van der Waals surface area (Å²) in [4.78, 5) is 18.5. The van der Waals surface area contributed by atoms with E-state index in [1.165, 1.54) is 0 Å². The van der Waals surface area contributed by atoms with Crippen molar-refractivity contribution in [2.75, 3.05) is 0 Å². The van der Waals surface area contributed by atoms with Crippen LogP contribution in [0.3, 0.4) is 0 Å². The van der Waals surface area contributed by atoms with Crippen molar-refractivity contribution in [2.24, 2.45) is 5.73 Å². The third-order valence-electron chi connectivity index (χ3n) is 0.211. The van der Waals surface area contributed by atoms with Crippen LogP contribution in [-0.4, -0.2) is 17.0 Å². The second-order valence-corrected chi connectivity index (χ2v) is 0.669. The Morgan fingerprint density at radius 2 is 1.57 bits per heavy atom. The fraction of sp³-hybridized carbons (Fsp3) is 0. The van der Waals surface area contributed by atoms with Crippen LogP contribution >= 0.6 is 0 Å². The summed E-state index contributed by atoms with van der Waals surface area (Å²) in [6.45, 7) is 0. The second-order valence-electron chi connectivity index (χ2n) is 0.669. The first-order chi connectivity index (χ1) is 2.64. The number of primary amides is 1. The van der Waals surface area contributed by atoms with E-state index in [0.29, 0.717) is 0 Å². The van der Waals surface area contributed by atoms with Crippen molar-refractivity contribution in [3.05, 3.63) is 0 Å². The molecule has 0 rings (SSSR count). The zero-order chi connectivity index (χ0) is 5.15. The van der Waals surface area contributed by atoms with Gasteiger partial charge in [-0.15, -0.1) is 0 Å². The molecule has 0 heterocycles. The Morgan fingerprint density at radius 3 is 1.57 bits per heavy atom. The Morgan fingerprint density at radius 1 is 1.43 bits per heavy atom. The summed E-state index contributed by atoms with van der Waals surface area (Å²) < 4.78 is 0. The van der Waals surface area contributed by atoms with Gasteiger partial charge in [0.25, 0.3) is 0 Å². The minimum Gasteiger partial charge on any atom is -0.474 e. The number of amides is 1. The number of nitrogens with two attached hydrogens (primary N) is 1. The summed E-state index contributed by atoms with van der Waals surface area (Å²) in [6, 6.07) is 0. The molecule has 0 bridgehead atoms. The SMILES string of the molecule is NC(=O)C(=O)O.[Cr]. The quantitative estimate of drug-likeness (QED) is 0.405. The molecule has 0 aliphatic rings. The molecule has 1 amide bonds. The normalized spacial score (nSPS) is 6.29. The van der Waals surface area contributed by atoms with Crippen molar-refractivity contribution in [3.63, 3.8) is 0 Å². The molecule has 5 heteroatoms. The minimum absolute atomic E-state index is 0. The molecule has 40 valence electrons. The molecular weight excluding hydrogens is 138 g/mol. The molecule has 4 nitrogen and oxygen atoms in total. The molecule has 3 N–H and O–H groups in total. The maximum atomic E-state index is 9.32. The molecule has 0 aliphatic heterocycles. The first-order valence-corrected chi connectivity index (χ1v) is 1.17. The van der Waals surface area contributed by atoms with Crippen molar-refractivity contribution < 1.29 is 32.1 Å². The van der Waals surface area contributed by atoms with Gasteiger partial charge in [0.2, 0.25) is 0 Å². The number of carbonyl (C=O) groups is 2. The third-order valence-corrected chi connectivity index (χ3v) is 0.211. The molecule has 7 heavy (non-hydrogen) atoms. The monoisotopic (exact) mass is 141 g/mol. The molecule has 0 radical (unpaired) electrons. The van der Waals surface area contributed by atoms with E-state index in [1.54, 1.807) is 0 Å². The van der Waals surface area contributed by atoms with E-state index >= 15 is 0 Å². The Kier molecular flexibility index (Phi) is 5.06. The van der Waals surface area contributed by atoms with Gasteiger partial charge < -0.3 is 10.8 Å². The largest absolute Gasteiger partial charge is 0.474 e. The van der Waals surface area contributed by atoms with Gasteiger partial charge in [0, 0.05) is 17.4 Å². The van der Waals surface area contributed by atoms with E-state index in [4.69, 9.17) is 5.11 Å². The van der Waals surface area contributed by atoms with E-state index in [-0.39, 0.29) is 17.4 Å². The fourth-order valence-electron chi connectivity index (χ4n) is 0. The number of rotatable bonds is 0. The van der Waals surface area contributed by atoms with Gasteiger partial charge in [-0.3, -0.25) is 4.79 Å². The summed E-state index contributed by atoms with van der Waals surface area (Å²) in [5.74, 6) is -2.93. The number of hydrogen-bond donors (Lipinski definition) is 2. The number of carboxylic acid groups (broad SMARTS) is 1. The zero-order valence-electron chi connectivity index (χ0n) is 3.25. The minimum atomic E-state index is -1.60. The standard InChI is InChI=1S/C2H3NO3.Cr/c3-1(4)2(5)6;/h(H2,3,4)(H,5,6);. The molecular formula is C2H3CrNO3. The summed E-state index contributed by atoms with van der Waals surface area (Å²) in [5, 5.41) is 7.52. The Balaban J connectivity index is 0. The molecule has 0 aromatic carbocycles. The van der Waals surface area contributed by atoms with Gasteiger partial charge >= 0.3 is 11.9 Å². The molecule has 0 saturated carbocycles. The summed E-state index contributed by atoms with van der Waals surface area (Å²) in [6.07, 6.45) is 0. The van der Waals surface area contributed by atoms with E-state index in [0.717, 1.165) is 0 Å². The van der Waals surface area contributed by atoms with Crippen LogP contribution in [0.5, 0.6) is 0 Å². The van der Waals surface area contributed by atoms with Gasteiger partial charge in [-0.05, 0) is 0 Å². The molecule has 0 saturated heterocycles. The molecule has 0 unspecified atom stereocenters. The number of aliphatic carboxylic acids is 1. The van der Waals surface area contributed by atoms with Gasteiger partial charge in [0.1, 0.15) is 0 Å². The first-order valence-electron chi connectivity index (χ1n) is 1.17. The van der Waals surface area contributed by atoms with Crippen LogP contribution in [0.4, 0.5) is 0 Å². The average Bonchev–Trinajstić information content (AvgIpc) is 1.36. The van der Waals surface area contributed by atoms with E-state index in [2.05, 4.69) is 5.73 Å². The molecule has 0 aromatic rings. The molecule has 0 aliphatic carbocycles. The number of hydrogen-bond acceptors (Lipinski definition) is 2. The first kappa shape index (κ1) is 9.69. The molecule has 0 atom stereocenters. The number of carbonyl (C=O) groups excluding carboxylic acids is 1. The van der Waals surface area contributed by atoms with Crippen LogP contribution in [0.25, 0.3) is 0 Å². The van der Waals surface area contributed by atoms with Crippen LogP contribution in [0.2, 0.25) is 0 Å². The molecule has 0 aromatic heterocycles. The predicted octanol–water partition coefficient (Wildman–Crippen LogP) is -1.45. The number of carboxylic acids is 1. The fourth-order valence-corrected chi connectivity index (χ4v) is 0. The van der Waals surface area contributed by atoms with Crippen molar-refractivity contribution in [1.82, 2.24) is 0 Å². The van der Waals surface area contributed by atoms with Crippen LogP contribution < -0.4 is 5.73 Å². The Hall–Kier alpha value is -0.528. The van der Waals surface area contributed by atoms with Gasteiger partial charge in [-0.25, -0.2) is 4.79 Å². The smallest absolute Gasteiger partial charge is 0.394 e. The van der Waals surface area contributed by atoms with Crippen LogP contribution in [-0.2, 0) is 27.0 Å². The average molecular weight is 141 g/mol.